The zero-order chi connectivity index (χ0) is 20.4. The van der Waals surface area contributed by atoms with Crippen molar-refractivity contribution in [2.75, 3.05) is 0 Å². The molecule has 7 heteroatoms. The smallest absolute Gasteiger partial charge is 0.260 e. The summed E-state index contributed by atoms with van der Waals surface area (Å²) in [6, 6.07) is 19.4. The van der Waals surface area contributed by atoms with Crippen molar-refractivity contribution >= 4 is 49.9 Å². The van der Waals surface area contributed by atoms with Crippen LogP contribution in [0.15, 0.2) is 81.1 Å². The van der Waals surface area contributed by atoms with Crippen LogP contribution >= 0.6 is 15.9 Å². The number of halogens is 1. The van der Waals surface area contributed by atoms with Gasteiger partial charge in [-0.05, 0) is 42.5 Å². The Balaban J connectivity index is 1.66. The van der Waals surface area contributed by atoms with Gasteiger partial charge in [-0.2, -0.15) is 5.10 Å². The van der Waals surface area contributed by atoms with E-state index in [4.69, 9.17) is 0 Å². The standard InChI is InChI=1S/C22H16BrN3O3/c23-15-9-10-20(27)14(11-15)12-24-25-21(28)13-26-18-7-3-1-5-16(18)22(29)17-6-2-4-8-19(17)26/h1-12,27H,13H2,(H,25,28). The van der Waals surface area contributed by atoms with Crippen LogP contribution in [0.4, 0.5) is 0 Å². The number of pyridine rings is 1. The number of phenolic OH excluding ortho intramolecular Hbond substituents is 1. The van der Waals surface area contributed by atoms with Crippen molar-refractivity contribution in [2.24, 2.45) is 5.10 Å². The minimum atomic E-state index is -0.352. The highest BCUT2D eigenvalue weighted by molar-refractivity contribution is 9.10. The Bertz CT molecular complexity index is 1270. The maximum Gasteiger partial charge on any atom is 0.260 e. The van der Waals surface area contributed by atoms with Crippen LogP contribution in [-0.2, 0) is 11.3 Å². The first-order chi connectivity index (χ1) is 14.0. The van der Waals surface area contributed by atoms with E-state index in [1.807, 2.05) is 24.3 Å². The van der Waals surface area contributed by atoms with Gasteiger partial charge in [0.2, 0.25) is 0 Å². The van der Waals surface area contributed by atoms with Crippen molar-refractivity contribution in [1.29, 1.82) is 0 Å². The van der Waals surface area contributed by atoms with Crippen LogP contribution in [0, 0.1) is 0 Å². The number of para-hydroxylation sites is 2. The van der Waals surface area contributed by atoms with Crippen LogP contribution in [0.2, 0.25) is 0 Å². The number of hydrazone groups is 1. The highest BCUT2D eigenvalue weighted by Crippen LogP contribution is 2.20. The average Bonchev–Trinajstić information content (AvgIpc) is 2.73. The van der Waals surface area contributed by atoms with Gasteiger partial charge in [0.05, 0.1) is 17.2 Å². The molecule has 0 fully saturated rings. The van der Waals surface area contributed by atoms with Crippen molar-refractivity contribution < 1.29 is 9.90 Å². The molecule has 1 heterocycles. The molecule has 4 rings (SSSR count). The Morgan fingerprint density at radius 2 is 1.66 bits per heavy atom. The molecule has 0 saturated heterocycles. The van der Waals surface area contributed by atoms with E-state index in [0.717, 1.165) is 4.47 Å². The predicted molar refractivity (Wildman–Crippen MR) is 117 cm³/mol. The number of nitrogens with one attached hydrogen (secondary N) is 1. The molecule has 0 unspecified atom stereocenters. The predicted octanol–water partition coefficient (Wildman–Crippen LogP) is 3.77. The van der Waals surface area contributed by atoms with Crippen molar-refractivity contribution in [3.05, 3.63) is 87.0 Å². The van der Waals surface area contributed by atoms with E-state index in [-0.39, 0.29) is 23.6 Å². The topological polar surface area (TPSA) is 83.7 Å². The summed E-state index contributed by atoms with van der Waals surface area (Å²) < 4.78 is 2.59. The normalized spacial score (nSPS) is 11.3. The summed E-state index contributed by atoms with van der Waals surface area (Å²) in [4.78, 5) is 25.3. The Labute approximate surface area is 174 Å². The summed E-state index contributed by atoms with van der Waals surface area (Å²) in [6.07, 6.45) is 1.37. The Hall–Kier alpha value is -3.45. The SMILES string of the molecule is O=C(Cn1c2ccccc2c(=O)c2ccccc21)NN=Cc1cc(Br)ccc1O. The molecule has 4 aromatic rings. The lowest BCUT2D eigenvalue weighted by Crippen LogP contribution is -2.25. The van der Waals surface area contributed by atoms with Crippen molar-refractivity contribution in [2.45, 2.75) is 6.54 Å². The van der Waals surface area contributed by atoms with Crippen LogP contribution in [-0.4, -0.2) is 21.8 Å². The van der Waals surface area contributed by atoms with E-state index in [9.17, 15) is 14.7 Å². The monoisotopic (exact) mass is 449 g/mol. The lowest BCUT2D eigenvalue weighted by atomic mass is 10.1. The first-order valence-electron chi connectivity index (χ1n) is 8.85. The van der Waals surface area contributed by atoms with Gasteiger partial charge in [-0.25, -0.2) is 5.43 Å². The first-order valence-corrected chi connectivity index (χ1v) is 9.64. The molecule has 2 N–H and O–H groups in total. The maximum atomic E-state index is 12.7. The van der Waals surface area contributed by atoms with Gasteiger partial charge >= 0.3 is 0 Å². The van der Waals surface area contributed by atoms with Gasteiger partial charge in [-0.3, -0.25) is 9.59 Å². The van der Waals surface area contributed by atoms with E-state index in [2.05, 4.69) is 26.5 Å². The Morgan fingerprint density at radius 3 is 2.31 bits per heavy atom. The molecule has 144 valence electrons. The summed E-state index contributed by atoms with van der Waals surface area (Å²) in [5.74, 6) is -0.293. The molecule has 0 aliphatic rings. The molecular formula is C22H16BrN3O3. The third-order valence-electron chi connectivity index (χ3n) is 4.56. The molecule has 3 aromatic carbocycles. The number of aromatic hydroxyl groups is 1. The Morgan fingerprint density at radius 1 is 1.03 bits per heavy atom. The summed E-state index contributed by atoms with van der Waals surface area (Å²) in [7, 11) is 0. The minimum absolute atomic E-state index is 0.0108. The van der Waals surface area contributed by atoms with Crippen LogP contribution in [0.25, 0.3) is 21.8 Å². The molecule has 0 bridgehead atoms. The molecule has 1 aromatic heterocycles. The highest BCUT2D eigenvalue weighted by atomic mass is 79.9. The fraction of sp³-hybridized carbons (Fsp3) is 0.0455. The van der Waals surface area contributed by atoms with Crippen molar-refractivity contribution in [3.63, 3.8) is 0 Å². The number of amides is 1. The number of nitrogens with zero attached hydrogens (tertiary/aromatic N) is 2. The number of rotatable bonds is 4. The highest BCUT2D eigenvalue weighted by Gasteiger charge is 2.12. The van der Waals surface area contributed by atoms with Gasteiger partial charge in [0.1, 0.15) is 12.3 Å². The largest absolute Gasteiger partial charge is 0.507 e. The molecule has 0 atom stereocenters. The van der Waals surface area contributed by atoms with E-state index in [0.29, 0.717) is 27.4 Å². The lowest BCUT2D eigenvalue weighted by Gasteiger charge is -2.14. The number of hydrogen-bond acceptors (Lipinski definition) is 4. The number of hydrogen-bond donors (Lipinski definition) is 2. The van der Waals surface area contributed by atoms with Crippen LogP contribution < -0.4 is 10.9 Å². The van der Waals surface area contributed by atoms with Crippen LogP contribution in [0.5, 0.6) is 5.75 Å². The summed E-state index contributed by atoms with van der Waals surface area (Å²) in [6.45, 7) is -0.0108. The number of carbonyl (C=O) groups is 1. The number of fused-ring (bicyclic) bond motifs is 2. The number of phenols is 1. The van der Waals surface area contributed by atoms with Gasteiger partial charge in [0, 0.05) is 20.8 Å². The summed E-state index contributed by atoms with van der Waals surface area (Å²) >= 11 is 3.32. The van der Waals surface area contributed by atoms with E-state index in [1.54, 1.807) is 41.0 Å². The Kier molecular flexibility index (Phi) is 5.14. The van der Waals surface area contributed by atoms with Gasteiger partial charge in [-0.1, -0.05) is 40.2 Å². The second-order valence-corrected chi connectivity index (χ2v) is 7.36. The number of benzene rings is 3. The quantitative estimate of drug-likeness (QED) is 0.282. The molecule has 6 nitrogen and oxygen atoms in total. The molecule has 0 spiro atoms. The fourth-order valence-electron chi connectivity index (χ4n) is 3.23. The zero-order valence-electron chi connectivity index (χ0n) is 15.2. The van der Waals surface area contributed by atoms with E-state index in [1.165, 1.54) is 12.3 Å². The zero-order valence-corrected chi connectivity index (χ0v) is 16.8. The summed E-state index contributed by atoms with van der Waals surface area (Å²) in [5, 5.41) is 14.9. The van der Waals surface area contributed by atoms with Crippen molar-refractivity contribution in [1.82, 2.24) is 9.99 Å². The molecular weight excluding hydrogens is 434 g/mol. The van der Waals surface area contributed by atoms with E-state index < -0.39 is 0 Å². The third kappa shape index (κ3) is 3.77. The molecule has 0 saturated carbocycles. The second-order valence-electron chi connectivity index (χ2n) is 6.45. The lowest BCUT2D eigenvalue weighted by molar-refractivity contribution is -0.121. The van der Waals surface area contributed by atoms with Gasteiger partial charge in [-0.15, -0.1) is 0 Å². The van der Waals surface area contributed by atoms with E-state index >= 15 is 0 Å². The molecule has 29 heavy (non-hydrogen) atoms. The molecule has 0 aliphatic heterocycles. The molecule has 0 aliphatic carbocycles. The van der Waals surface area contributed by atoms with Gasteiger partial charge < -0.3 is 9.67 Å². The summed E-state index contributed by atoms with van der Waals surface area (Å²) in [5.41, 5.74) is 4.25. The third-order valence-corrected chi connectivity index (χ3v) is 5.06. The average molecular weight is 450 g/mol. The number of aromatic nitrogens is 1. The second kappa shape index (κ2) is 7.89. The number of carbonyl (C=O) groups excluding carboxylic acids is 1. The van der Waals surface area contributed by atoms with Crippen LogP contribution in [0.3, 0.4) is 0 Å². The van der Waals surface area contributed by atoms with Crippen LogP contribution in [0.1, 0.15) is 5.56 Å². The molecule has 1 amide bonds. The minimum Gasteiger partial charge on any atom is -0.507 e. The van der Waals surface area contributed by atoms with Crippen molar-refractivity contribution in [3.8, 4) is 5.75 Å². The molecule has 0 radical (unpaired) electrons. The van der Waals surface area contributed by atoms with Gasteiger partial charge in [0.15, 0.2) is 5.43 Å². The first kappa shape index (κ1) is 18.9. The fourth-order valence-corrected chi connectivity index (χ4v) is 3.61. The maximum absolute atomic E-state index is 12.7. The van der Waals surface area contributed by atoms with Gasteiger partial charge in [0.25, 0.3) is 5.91 Å².